The van der Waals surface area contributed by atoms with E-state index >= 15 is 0 Å². The molecule has 24 heteroatoms. The number of hydrogen-bond acceptors (Lipinski definition) is 16. The van der Waals surface area contributed by atoms with Gasteiger partial charge in [-0.15, -0.1) is 0 Å². The topological polar surface area (TPSA) is 380 Å². The average molecular weight is 1130 g/mol. The van der Waals surface area contributed by atoms with Crippen molar-refractivity contribution in [2.75, 3.05) is 65.9 Å². The zero-order chi connectivity index (χ0) is 59.1. The van der Waals surface area contributed by atoms with Gasteiger partial charge in [0.25, 0.3) is 0 Å². The Labute approximate surface area is 465 Å². The molecule has 0 bridgehead atoms. The van der Waals surface area contributed by atoms with Gasteiger partial charge in [0, 0.05) is 64.0 Å². The molecule has 0 spiro atoms. The standard InChI is InChI=1S/C55H95N5O19/c1-40(41(2)61)19-17-18-28-57-48(64)27-24-46(55(74)75)59-49(65)25-22-43(54(72)73)36-45(63)37-77-32-31-76-30-29-58-51(67)39-79-34-33-78-38-47(56)60-50(66)26-23-42(53(70)71)35-44(62)20-15-13-11-9-7-5-3-4-6-8-10-12-14-16-21-52(68)69/h40,42-43,46-47H,3-39,56H2,1-2H3,(H,57,64)(H,58,67)(H,59,65)(H,60,66)(H,68,69)(H,70,71)(H,72,73)(H,74,75)/t40-,42+,43+,46-,47?/m0/s1. The lowest BCUT2D eigenvalue weighted by molar-refractivity contribution is -0.145. The van der Waals surface area contributed by atoms with Gasteiger partial charge in [-0.1, -0.05) is 90.4 Å². The minimum absolute atomic E-state index is 0.00805. The Bertz CT molecular complexity index is 1800. The molecule has 0 heterocycles. The van der Waals surface area contributed by atoms with Crippen LogP contribution in [0, 0.1) is 17.8 Å². The number of carboxylic acids is 4. The SMILES string of the molecule is CC(=O)[C@@H](C)CCCCNC(=O)CC[C@H](NC(=O)CC[C@H](CC(=O)COCCOCCNC(=O)COCCOCC(N)NC(=O)CC[C@H](CC(=O)CCCCCCCCCCCCCCCCC(=O)O)C(=O)O)C(=O)O)C(=O)O. The molecule has 0 aromatic rings. The molecule has 0 aromatic heterocycles. The maximum absolute atomic E-state index is 12.5. The summed E-state index contributed by atoms with van der Waals surface area (Å²) in [5.74, 6) is -9.42. The summed E-state index contributed by atoms with van der Waals surface area (Å²) in [5.41, 5.74) is 5.92. The molecule has 24 nitrogen and oxygen atoms in total. The number of Topliss-reactive ketones (excluding diaryl/α,β-unsaturated/α-hetero) is 3. The molecule has 454 valence electrons. The Morgan fingerprint density at radius 1 is 0.430 bits per heavy atom. The second kappa shape index (κ2) is 48.5. The van der Waals surface area contributed by atoms with Crippen LogP contribution in [0.5, 0.6) is 0 Å². The number of rotatable bonds is 56. The Balaban J connectivity index is 4.03. The first kappa shape index (κ1) is 73.6. The van der Waals surface area contributed by atoms with Gasteiger partial charge in [-0.2, -0.15) is 0 Å². The molecule has 0 rings (SSSR count). The Morgan fingerprint density at radius 2 is 0.899 bits per heavy atom. The minimum atomic E-state index is -1.38. The van der Waals surface area contributed by atoms with Crippen LogP contribution in [0.15, 0.2) is 0 Å². The average Bonchev–Trinajstić information content (AvgIpc) is 3.38. The third-order valence-electron chi connectivity index (χ3n) is 13.0. The Hall–Kier alpha value is -5.43. The summed E-state index contributed by atoms with van der Waals surface area (Å²) in [4.78, 5) is 131. The number of ether oxygens (including phenoxy) is 4. The second-order valence-corrected chi connectivity index (χ2v) is 20.1. The van der Waals surface area contributed by atoms with Gasteiger partial charge in [0.1, 0.15) is 37.0 Å². The lowest BCUT2D eigenvalue weighted by atomic mass is 9.94. The van der Waals surface area contributed by atoms with Crippen molar-refractivity contribution >= 4 is 64.9 Å². The molecule has 10 N–H and O–H groups in total. The first-order valence-electron chi connectivity index (χ1n) is 28.3. The van der Waals surface area contributed by atoms with Gasteiger partial charge < -0.3 is 66.4 Å². The van der Waals surface area contributed by atoms with Gasteiger partial charge in [-0.3, -0.25) is 47.9 Å². The quantitative estimate of drug-likeness (QED) is 0.0296. The van der Waals surface area contributed by atoms with Gasteiger partial charge in [-0.25, -0.2) is 4.79 Å². The number of hydrogen-bond donors (Lipinski definition) is 9. The van der Waals surface area contributed by atoms with Crippen molar-refractivity contribution in [2.45, 2.75) is 199 Å². The van der Waals surface area contributed by atoms with Crippen LogP contribution in [0.3, 0.4) is 0 Å². The van der Waals surface area contributed by atoms with E-state index in [4.69, 9.17) is 29.8 Å². The summed E-state index contributed by atoms with van der Waals surface area (Å²) < 4.78 is 21.3. The Kier molecular flexibility index (Phi) is 45.1. The summed E-state index contributed by atoms with van der Waals surface area (Å²) >= 11 is 0. The van der Waals surface area contributed by atoms with Gasteiger partial charge in [-0.05, 0) is 51.9 Å². The minimum Gasteiger partial charge on any atom is -0.481 e. The monoisotopic (exact) mass is 1130 g/mol. The zero-order valence-electron chi connectivity index (χ0n) is 47.0. The predicted octanol–water partition coefficient (Wildman–Crippen LogP) is 4.64. The zero-order valence-corrected chi connectivity index (χ0v) is 47.0. The van der Waals surface area contributed by atoms with Crippen LogP contribution in [0.4, 0.5) is 0 Å². The molecule has 0 aliphatic carbocycles. The summed E-state index contributed by atoms with van der Waals surface area (Å²) in [6.07, 6.45) is 15.0. The van der Waals surface area contributed by atoms with Crippen LogP contribution in [0.1, 0.15) is 187 Å². The van der Waals surface area contributed by atoms with E-state index in [2.05, 4.69) is 21.3 Å². The van der Waals surface area contributed by atoms with Crippen molar-refractivity contribution in [3.8, 4) is 0 Å². The van der Waals surface area contributed by atoms with Crippen LogP contribution >= 0.6 is 0 Å². The number of amides is 4. The van der Waals surface area contributed by atoms with E-state index in [-0.39, 0.29) is 122 Å². The van der Waals surface area contributed by atoms with E-state index in [9.17, 15) is 68.1 Å². The van der Waals surface area contributed by atoms with Gasteiger partial charge in [0.2, 0.25) is 23.6 Å². The maximum Gasteiger partial charge on any atom is 0.326 e. The lowest BCUT2D eigenvalue weighted by Gasteiger charge is -2.16. The first-order chi connectivity index (χ1) is 37.7. The summed E-state index contributed by atoms with van der Waals surface area (Å²) in [6, 6.07) is -1.38. The fourth-order valence-electron chi connectivity index (χ4n) is 8.09. The summed E-state index contributed by atoms with van der Waals surface area (Å²) in [5, 5.41) is 47.5. The van der Waals surface area contributed by atoms with E-state index in [0.29, 0.717) is 32.2 Å². The third kappa shape index (κ3) is 46.1. The fraction of sp³-hybridized carbons (Fsp3) is 0.800. The van der Waals surface area contributed by atoms with Crippen molar-refractivity contribution in [1.29, 1.82) is 0 Å². The van der Waals surface area contributed by atoms with E-state index in [1.165, 1.54) is 39.0 Å². The predicted molar refractivity (Wildman–Crippen MR) is 289 cm³/mol. The maximum atomic E-state index is 12.5. The number of nitrogens with one attached hydrogen (secondary N) is 4. The number of unbranched alkanes of at least 4 members (excludes halogenated alkanes) is 14. The van der Waals surface area contributed by atoms with Crippen LogP contribution in [0.25, 0.3) is 0 Å². The number of aliphatic carboxylic acids is 4. The fourth-order valence-corrected chi connectivity index (χ4v) is 8.09. The van der Waals surface area contributed by atoms with Crippen molar-refractivity contribution < 1.29 is 92.1 Å². The van der Waals surface area contributed by atoms with Crippen LogP contribution in [0.2, 0.25) is 0 Å². The van der Waals surface area contributed by atoms with Crippen molar-refractivity contribution in [3.63, 3.8) is 0 Å². The van der Waals surface area contributed by atoms with E-state index < -0.39 is 90.4 Å². The number of ketones is 3. The second-order valence-electron chi connectivity index (χ2n) is 20.1. The van der Waals surface area contributed by atoms with Gasteiger partial charge >= 0.3 is 23.9 Å². The van der Waals surface area contributed by atoms with E-state index in [1.807, 2.05) is 6.92 Å². The van der Waals surface area contributed by atoms with Crippen LogP contribution in [-0.2, 0) is 71.7 Å². The molecule has 0 radical (unpaired) electrons. The molecule has 0 fully saturated rings. The smallest absolute Gasteiger partial charge is 0.326 e. The number of carbonyl (C=O) groups is 11. The highest BCUT2D eigenvalue weighted by atomic mass is 16.5. The Morgan fingerprint density at radius 3 is 1.43 bits per heavy atom. The molecule has 0 saturated heterocycles. The lowest BCUT2D eigenvalue weighted by Crippen LogP contribution is -2.45. The summed E-state index contributed by atoms with van der Waals surface area (Å²) in [7, 11) is 0. The molecular formula is C55H95N5O19. The largest absolute Gasteiger partial charge is 0.481 e. The van der Waals surface area contributed by atoms with Crippen molar-refractivity contribution in [2.24, 2.45) is 23.5 Å². The van der Waals surface area contributed by atoms with E-state index in [0.717, 1.165) is 57.8 Å². The highest BCUT2D eigenvalue weighted by Crippen LogP contribution is 2.18. The normalized spacial score (nSPS) is 13.1. The highest BCUT2D eigenvalue weighted by Gasteiger charge is 2.26. The van der Waals surface area contributed by atoms with Crippen molar-refractivity contribution in [3.05, 3.63) is 0 Å². The molecule has 0 saturated carbocycles. The number of carbonyl (C=O) groups excluding carboxylic acids is 7. The highest BCUT2D eigenvalue weighted by molar-refractivity contribution is 5.87. The molecule has 0 aliphatic heterocycles. The van der Waals surface area contributed by atoms with E-state index in [1.54, 1.807) is 0 Å². The number of carboxylic acid groups (broad SMARTS) is 4. The van der Waals surface area contributed by atoms with Crippen molar-refractivity contribution in [1.82, 2.24) is 21.3 Å². The van der Waals surface area contributed by atoms with Gasteiger partial charge in [0.15, 0.2) is 5.78 Å². The summed E-state index contributed by atoms with van der Waals surface area (Å²) in [6.45, 7) is 3.38. The molecule has 0 aliphatic rings. The third-order valence-corrected chi connectivity index (χ3v) is 13.0. The molecule has 4 amide bonds. The number of nitrogens with two attached hydrogens (primary N) is 1. The van der Waals surface area contributed by atoms with Crippen LogP contribution < -0.4 is 27.0 Å². The van der Waals surface area contributed by atoms with Gasteiger partial charge in [0.05, 0.1) is 51.5 Å². The molecule has 5 atom stereocenters. The van der Waals surface area contributed by atoms with Crippen LogP contribution in [-0.4, -0.2) is 163 Å². The first-order valence-corrected chi connectivity index (χ1v) is 28.3. The molecule has 0 aromatic carbocycles. The molecule has 1 unspecified atom stereocenters. The molecule has 79 heavy (non-hydrogen) atoms. The molecular weight excluding hydrogens is 1030 g/mol.